The van der Waals surface area contributed by atoms with Crippen molar-refractivity contribution in [2.45, 2.75) is 39.2 Å². The summed E-state index contributed by atoms with van der Waals surface area (Å²) in [5, 5.41) is 0.591. The van der Waals surface area contributed by atoms with Gasteiger partial charge in [0.05, 0.1) is 11.7 Å². The van der Waals surface area contributed by atoms with Crippen LogP contribution in [0, 0.1) is 0 Å². The molecule has 0 fully saturated rings. The Morgan fingerprint density at radius 3 is 2.52 bits per heavy atom. The molecule has 2 aliphatic rings. The highest BCUT2D eigenvalue weighted by Crippen LogP contribution is 2.38. The lowest BCUT2D eigenvalue weighted by molar-refractivity contribution is -0.137. The molecule has 2 amide bonds. The number of para-hydroxylation sites is 1. The fourth-order valence-corrected chi connectivity index (χ4v) is 4.33. The van der Waals surface area contributed by atoms with Gasteiger partial charge in [-0.1, -0.05) is 41.9 Å². The number of nitrogens with zero attached hydrogens (tertiary/aromatic N) is 2. The molecule has 0 spiro atoms. The fourth-order valence-electron chi connectivity index (χ4n) is 4.20. The Balaban J connectivity index is 1.72. The van der Waals surface area contributed by atoms with Crippen molar-refractivity contribution in [1.82, 2.24) is 4.90 Å². The van der Waals surface area contributed by atoms with Crippen molar-refractivity contribution in [3.05, 3.63) is 70.4 Å². The Labute approximate surface area is 188 Å². The van der Waals surface area contributed by atoms with Crippen molar-refractivity contribution in [2.24, 2.45) is 0 Å². The van der Waals surface area contributed by atoms with E-state index in [1.54, 1.807) is 12.1 Å². The van der Waals surface area contributed by atoms with E-state index in [-0.39, 0.29) is 17.9 Å². The number of imide groups is 1. The molecule has 2 aliphatic heterocycles. The molecule has 2 heterocycles. The van der Waals surface area contributed by atoms with E-state index in [1.807, 2.05) is 49.1 Å². The van der Waals surface area contributed by atoms with E-state index in [2.05, 4.69) is 6.07 Å². The number of carbonyl (C=O) groups is 2. The first-order chi connectivity index (χ1) is 15.0. The minimum atomic E-state index is -0.255. The molecule has 2 aromatic rings. The SMILES string of the molecule is CC(C)OCCCN1C(=O)C(c2ccc(Cl)cc2)=C(N2CCCc3ccccc32)C1=O. The van der Waals surface area contributed by atoms with Crippen molar-refractivity contribution in [3.8, 4) is 0 Å². The first-order valence-corrected chi connectivity index (χ1v) is 11.2. The number of amides is 2. The minimum absolute atomic E-state index is 0.119. The summed E-state index contributed by atoms with van der Waals surface area (Å²) in [6.07, 6.45) is 2.62. The van der Waals surface area contributed by atoms with E-state index in [0.29, 0.717) is 48.0 Å². The summed E-state index contributed by atoms with van der Waals surface area (Å²) < 4.78 is 5.60. The number of anilines is 1. The van der Waals surface area contributed by atoms with Crippen molar-refractivity contribution in [1.29, 1.82) is 0 Å². The highest BCUT2D eigenvalue weighted by Gasteiger charge is 2.42. The molecule has 2 aromatic carbocycles. The third kappa shape index (κ3) is 4.39. The molecule has 0 saturated carbocycles. The number of rotatable bonds is 7. The van der Waals surface area contributed by atoms with E-state index in [0.717, 1.165) is 18.5 Å². The topological polar surface area (TPSA) is 49.9 Å². The van der Waals surface area contributed by atoms with Crippen LogP contribution in [0.1, 0.15) is 37.8 Å². The van der Waals surface area contributed by atoms with Gasteiger partial charge in [-0.05, 0) is 62.4 Å². The van der Waals surface area contributed by atoms with E-state index in [4.69, 9.17) is 16.3 Å². The normalized spacial score (nSPS) is 16.5. The zero-order chi connectivity index (χ0) is 22.0. The number of ether oxygens (including phenoxy) is 1. The van der Waals surface area contributed by atoms with Crippen LogP contribution in [-0.4, -0.2) is 42.5 Å². The van der Waals surface area contributed by atoms with Crippen LogP contribution < -0.4 is 4.90 Å². The van der Waals surface area contributed by atoms with Gasteiger partial charge in [-0.25, -0.2) is 0 Å². The summed E-state index contributed by atoms with van der Waals surface area (Å²) in [6, 6.07) is 15.2. The molecule has 5 nitrogen and oxygen atoms in total. The maximum absolute atomic E-state index is 13.5. The van der Waals surface area contributed by atoms with Gasteiger partial charge in [0, 0.05) is 30.4 Å². The van der Waals surface area contributed by atoms with E-state index in [1.165, 1.54) is 10.5 Å². The monoisotopic (exact) mass is 438 g/mol. The first kappa shape index (κ1) is 21.6. The maximum atomic E-state index is 13.5. The Morgan fingerprint density at radius 1 is 1.03 bits per heavy atom. The van der Waals surface area contributed by atoms with Gasteiger partial charge in [0.25, 0.3) is 11.8 Å². The molecule has 0 bridgehead atoms. The standard InChI is InChI=1S/C25H27ClN2O3/c1-17(2)31-16-6-15-28-24(29)22(19-10-12-20(26)13-11-19)23(25(28)30)27-14-5-8-18-7-3-4-9-21(18)27/h3-4,7,9-13,17H,5-6,8,14-16H2,1-2H3. The molecule has 0 aliphatic carbocycles. The predicted molar refractivity (Wildman–Crippen MR) is 123 cm³/mol. The van der Waals surface area contributed by atoms with Gasteiger partial charge in [0.2, 0.25) is 0 Å². The van der Waals surface area contributed by atoms with Crippen molar-refractivity contribution in [3.63, 3.8) is 0 Å². The Hall–Kier alpha value is -2.63. The number of carbonyl (C=O) groups excluding carboxylic acids is 2. The van der Waals surface area contributed by atoms with Crippen LogP contribution in [0.2, 0.25) is 5.02 Å². The molecule has 0 atom stereocenters. The summed E-state index contributed by atoms with van der Waals surface area (Å²) in [4.78, 5) is 30.4. The van der Waals surface area contributed by atoms with Crippen LogP contribution in [0.5, 0.6) is 0 Å². The minimum Gasteiger partial charge on any atom is -0.379 e. The molecule has 0 N–H and O–H groups in total. The van der Waals surface area contributed by atoms with Crippen LogP contribution >= 0.6 is 11.6 Å². The lowest BCUT2D eigenvalue weighted by Gasteiger charge is -2.32. The second kappa shape index (κ2) is 9.25. The van der Waals surface area contributed by atoms with Crippen LogP contribution in [0.4, 0.5) is 5.69 Å². The van der Waals surface area contributed by atoms with Crippen LogP contribution in [0.15, 0.2) is 54.2 Å². The van der Waals surface area contributed by atoms with Gasteiger partial charge in [-0.15, -0.1) is 0 Å². The van der Waals surface area contributed by atoms with E-state index < -0.39 is 0 Å². The van der Waals surface area contributed by atoms with Gasteiger partial charge in [-0.3, -0.25) is 14.5 Å². The average molecular weight is 439 g/mol. The molecular weight excluding hydrogens is 412 g/mol. The molecule has 6 heteroatoms. The molecule has 31 heavy (non-hydrogen) atoms. The third-order valence-electron chi connectivity index (χ3n) is 5.63. The molecule has 0 unspecified atom stereocenters. The smallest absolute Gasteiger partial charge is 0.278 e. The van der Waals surface area contributed by atoms with E-state index in [9.17, 15) is 9.59 Å². The molecule has 0 saturated heterocycles. The Morgan fingerprint density at radius 2 is 1.77 bits per heavy atom. The quantitative estimate of drug-likeness (QED) is 0.465. The fraction of sp³-hybridized carbons (Fsp3) is 0.360. The number of hydrogen-bond acceptors (Lipinski definition) is 4. The Bertz CT molecular complexity index is 1010. The lowest BCUT2D eigenvalue weighted by Crippen LogP contribution is -2.38. The van der Waals surface area contributed by atoms with Crippen LogP contribution in [0.3, 0.4) is 0 Å². The summed E-state index contributed by atoms with van der Waals surface area (Å²) in [5.74, 6) is -0.494. The van der Waals surface area contributed by atoms with Gasteiger partial charge in [0.1, 0.15) is 5.70 Å². The number of benzene rings is 2. The van der Waals surface area contributed by atoms with Crippen LogP contribution in [0.25, 0.3) is 5.57 Å². The molecule has 0 aromatic heterocycles. The first-order valence-electron chi connectivity index (χ1n) is 10.8. The maximum Gasteiger partial charge on any atom is 0.278 e. The van der Waals surface area contributed by atoms with Crippen molar-refractivity contribution < 1.29 is 14.3 Å². The second-order valence-corrected chi connectivity index (χ2v) is 8.59. The average Bonchev–Trinajstić information content (AvgIpc) is 3.01. The Kier molecular flexibility index (Phi) is 6.44. The van der Waals surface area contributed by atoms with Crippen molar-refractivity contribution >= 4 is 34.7 Å². The second-order valence-electron chi connectivity index (χ2n) is 8.15. The summed E-state index contributed by atoms with van der Waals surface area (Å²) in [5.41, 5.74) is 3.82. The van der Waals surface area contributed by atoms with Crippen LogP contribution in [-0.2, 0) is 20.7 Å². The lowest BCUT2D eigenvalue weighted by atomic mass is 9.98. The zero-order valence-electron chi connectivity index (χ0n) is 17.9. The number of hydrogen-bond donors (Lipinski definition) is 0. The number of halogens is 1. The highest BCUT2D eigenvalue weighted by molar-refractivity contribution is 6.37. The largest absolute Gasteiger partial charge is 0.379 e. The van der Waals surface area contributed by atoms with Gasteiger partial charge in [0.15, 0.2) is 0 Å². The van der Waals surface area contributed by atoms with Gasteiger partial charge < -0.3 is 9.64 Å². The highest BCUT2D eigenvalue weighted by atomic mass is 35.5. The predicted octanol–water partition coefficient (Wildman–Crippen LogP) is 4.69. The molecular formula is C25H27ClN2O3. The van der Waals surface area contributed by atoms with Crippen molar-refractivity contribution in [2.75, 3.05) is 24.6 Å². The van der Waals surface area contributed by atoms with Gasteiger partial charge in [-0.2, -0.15) is 0 Å². The molecule has 0 radical (unpaired) electrons. The summed E-state index contributed by atoms with van der Waals surface area (Å²) in [6.45, 7) is 5.48. The van der Waals surface area contributed by atoms with Gasteiger partial charge >= 0.3 is 0 Å². The molecule has 4 rings (SSSR count). The molecule has 162 valence electrons. The number of aryl methyl sites for hydroxylation is 1. The summed E-state index contributed by atoms with van der Waals surface area (Å²) >= 11 is 6.07. The van der Waals surface area contributed by atoms with E-state index >= 15 is 0 Å². The third-order valence-corrected chi connectivity index (χ3v) is 5.89. The summed E-state index contributed by atoms with van der Waals surface area (Å²) in [7, 11) is 0. The zero-order valence-corrected chi connectivity index (χ0v) is 18.7. The number of fused-ring (bicyclic) bond motifs is 1.